The summed E-state index contributed by atoms with van der Waals surface area (Å²) in [6, 6.07) is 0. The zero-order chi connectivity index (χ0) is 12.6. The van der Waals surface area contributed by atoms with Crippen LogP contribution in [0.5, 0.6) is 0 Å². The van der Waals surface area contributed by atoms with Crippen LogP contribution in [0.25, 0.3) is 5.82 Å². The van der Waals surface area contributed by atoms with Crippen molar-refractivity contribution in [2.24, 2.45) is 0 Å². The summed E-state index contributed by atoms with van der Waals surface area (Å²) in [6.45, 7) is 3.44. The average Bonchev–Trinajstić information content (AvgIpc) is 2.68. The Morgan fingerprint density at radius 3 is 2.65 bits per heavy atom. The van der Waals surface area contributed by atoms with Crippen molar-refractivity contribution >= 4 is 28.6 Å². The van der Waals surface area contributed by atoms with Crippen molar-refractivity contribution in [2.75, 3.05) is 0 Å². The van der Waals surface area contributed by atoms with Gasteiger partial charge in [-0.05, 0) is 42.0 Å². The number of carboxylic acids is 1. The summed E-state index contributed by atoms with van der Waals surface area (Å²) in [5, 5.41) is 21.1. The molecule has 2 heterocycles. The van der Waals surface area contributed by atoms with Crippen LogP contribution in [0, 0.1) is 17.4 Å². The lowest BCUT2D eigenvalue weighted by atomic mass is 10.1. The number of nitrogens with zero attached hydrogens (tertiary/aromatic N) is 4. The second-order valence-electron chi connectivity index (χ2n) is 3.52. The Bertz CT molecular complexity index is 594. The van der Waals surface area contributed by atoms with Crippen molar-refractivity contribution in [3.63, 3.8) is 0 Å². The molecule has 2 aromatic heterocycles. The molecule has 0 unspecified atom stereocenters. The maximum Gasteiger partial charge on any atom is 0.339 e. The van der Waals surface area contributed by atoms with Gasteiger partial charge < -0.3 is 5.11 Å². The highest BCUT2D eigenvalue weighted by atomic mass is 127. The van der Waals surface area contributed by atoms with Gasteiger partial charge in [0, 0.05) is 6.20 Å². The van der Waals surface area contributed by atoms with Gasteiger partial charge in [0.1, 0.15) is 5.56 Å². The molecular formula is C10H9IN4O2. The number of hydrogen-bond acceptors (Lipinski definition) is 4. The van der Waals surface area contributed by atoms with Crippen LogP contribution in [-0.2, 0) is 0 Å². The van der Waals surface area contributed by atoms with E-state index in [0.717, 1.165) is 3.57 Å². The number of halogens is 1. The Labute approximate surface area is 111 Å². The van der Waals surface area contributed by atoms with Gasteiger partial charge in [-0.2, -0.15) is 10.2 Å². The Morgan fingerprint density at radius 2 is 2.12 bits per heavy atom. The standard InChI is InChI=1S/C10H9IN4O2/c1-5-6(2)13-14-9(8(5)10(16)17)15-4-7(11)3-12-15/h3-4H,1-2H3,(H,16,17). The first-order valence-electron chi connectivity index (χ1n) is 4.78. The second-order valence-corrected chi connectivity index (χ2v) is 4.76. The summed E-state index contributed by atoms with van der Waals surface area (Å²) >= 11 is 2.09. The number of carboxylic acid groups (broad SMARTS) is 1. The van der Waals surface area contributed by atoms with E-state index in [1.165, 1.54) is 4.68 Å². The fourth-order valence-corrected chi connectivity index (χ4v) is 1.82. The van der Waals surface area contributed by atoms with E-state index in [2.05, 4.69) is 37.9 Å². The SMILES string of the molecule is Cc1nnc(-n2cc(I)cn2)c(C(=O)O)c1C. The first-order valence-corrected chi connectivity index (χ1v) is 5.86. The number of aromatic nitrogens is 4. The Balaban J connectivity index is 2.70. The topological polar surface area (TPSA) is 80.9 Å². The third kappa shape index (κ3) is 2.14. The second kappa shape index (κ2) is 4.40. The lowest BCUT2D eigenvalue weighted by Crippen LogP contribution is -2.13. The molecule has 1 N–H and O–H groups in total. The summed E-state index contributed by atoms with van der Waals surface area (Å²) < 4.78 is 2.32. The third-order valence-electron chi connectivity index (χ3n) is 2.42. The van der Waals surface area contributed by atoms with Crippen molar-refractivity contribution in [1.82, 2.24) is 20.0 Å². The monoisotopic (exact) mass is 344 g/mol. The van der Waals surface area contributed by atoms with Crippen LogP contribution in [0.1, 0.15) is 21.6 Å². The van der Waals surface area contributed by atoms with Crippen LogP contribution in [0.3, 0.4) is 0 Å². The van der Waals surface area contributed by atoms with Gasteiger partial charge in [-0.1, -0.05) is 0 Å². The quantitative estimate of drug-likeness (QED) is 0.837. The number of hydrogen-bond donors (Lipinski definition) is 1. The van der Waals surface area contributed by atoms with Gasteiger partial charge >= 0.3 is 5.97 Å². The van der Waals surface area contributed by atoms with Crippen molar-refractivity contribution in [1.29, 1.82) is 0 Å². The minimum atomic E-state index is -1.03. The molecule has 6 nitrogen and oxygen atoms in total. The zero-order valence-electron chi connectivity index (χ0n) is 9.18. The highest BCUT2D eigenvalue weighted by Crippen LogP contribution is 2.17. The molecule has 88 valence electrons. The Hall–Kier alpha value is -1.51. The smallest absolute Gasteiger partial charge is 0.339 e. The van der Waals surface area contributed by atoms with Gasteiger partial charge in [0.25, 0.3) is 0 Å². The molecule has 2 rings (SSSR count). The summed E-state index contributed by atoms with van der Waals surface area (Å²) in [5.41, 5.74) is 1.35. The molecule has 0 saturated heterocycles. The van der Waals surface area contributed by atoms with Crippen molar-refractivity contribution in [3.05, 3.63) is 32.8 Å². The zero-order valence-corrected chi connectivity index (χ0v) is 11.3. The van der Waals surface area contributed by atoms with Crippen LogP contribution in [0.4, 0.5) is 0 Å². The fraction of sp³-hybridized carbons (Fsp3) is 0.200. The number of aromatic carboxylic acids is 1. The molecular weight excluding hydrogens is 335 g/mol. The molecule has 0 aliphatic carbocycles. The number of rotatable bonds is 2. The first kappa shape index (κ1) is 12.0. The average molecular weight is 344 g/mol. The van der Waals surface area contributed by atoms with E-state index in [1.54, 1.807) is 26.2 Å². The lowest BCUT2D eigenvalue weighted by molar-refractivity contribution is 0.0695. The van der Waals surface area contributed by atoms with Gasteiger partial charge in [-0.15, -0.1) is 5.10 Å². The molecule has 0 aliphatic rings. The third-order valence-corrected chi connectivity index (χ3v) is 2.98. The molecule has 0 aliphatic heterocycles. The molecule has 0 radical (unpaired) electrons. The molecule has 0 aromatic carbocycles. The summed E-state index contributed by atoms with van der Waals surface area (Å²) in [5.74, 6) is -0.787. The van der Waals surface area contributed by atoms with Crippen LogP contribution in [0.15, 0.2) is 12.4 Å². The Morgan fingerprint density at radius 1 is 1.41 bits per heavy atom. The van der Waals surface area contributed by atoms with E-state index < -0.39 is 5.97 Å². The molecule has 0 bridgehead atoms. The minimum Gasteiger partial charge on any atom is -0.478 e. The maximum atomic E-state index is 11.3. The normalized spacial score (nSPS) is 10.5. The van der Waals surface area contributed by atoms with Gasteiger partial charge in [0.2, 0.25) is 0 Å². The van der Waals surface area contributed by atoms with Crippen LogP contribution in [0.2, 0.25) is 0 Å². The summed E-state index contributed by atoms with van der Waals surface area (Å²) in [7, 11) is 0. The van der Waals surface area contributed by atoms with E-state index in [4.69, 9.17) is 0 Å². The summed E-state index contributed by atoms with van der Waals surface area (Å²) in [6.07, 6.45) is 3.33. The van der Waals surface area contributed by atoms with E-state index in [0.29, 0.717) is 11.3 Å². The molecule has 0 spiro atoms. The van der Waals surface area contributed by atoms with Gasteiger partial charge in [-0.25, -0.2) is 9.48 Å². The lowest BCUT2D eigenvalue weighted by Gasteiger charge is -2.08. The molecule has 2 aromatic rings. The van der Waals surface area contributed by atoms with Crippen molar-refractivity contribution in [3.8, 4) is 5.82 Å². The number of carbonyl (C=O) groups is 1. The van der Waals surface area contributed by atoms with Gasteiger partial charge in [0.05, 0.1) is 15.5 Å². The van der Waals surface area contributed by atoms with Crippen LogP contribution >= 0.6 is 22.6 Å². The van der Waals surface area contributed by atoms with Crippen LogP contribution in [-0.4, -0.2) is 31.1 Å². The van der Waals surface area contributed by atoms with E-state index in [-0.39, 0.29) is 11.4 Å². The highest BCUT2D eigenvalue weighted by Gasteiger charge is 2.19. The highest BCUT2D eigenvalue weighted by molar-refractivity contribution is 14.1. The minimum absolute atomic E-state index is 0.136. The molecule has 0 saturated carbocycles. The van der Waals surface area contributed by atoms with Crippen LogP contribution < -0.4 is 0 Å². The number of aryl methyl sites for hydroxylation is 1. The van der Waals surface area contributed by atoms with Gasteiger partial charge in [0.15, 0.2) is 5.82 Å². The molecule has 0 atom stereocenters. The largest absolute Gasteiger partial charge is 0.478 e. The predicted molar refractivity (Wildman–Crippen MR) is 68.3 cm³/mol. The molecule has 0 fully saturated rings. The van der Waals surface area contributed by atoms with Gasteiger partial charge in [-0.3, -0.25) is 0 Å². The first-order chi connectivity index (χ1) is 8.00. The van der Waals surface area contributed by atoms with Crippen molar-refractivity contribution in [2.45, 2.75) is 13.8 Å². The van der Waals surface area contributed by atoms with Crippen molar-refractivity contribution < 1.29 is 9.90 Å². The maximum absolute atomic E-state index is 11.3. The van der Waals surface area contributed by atoms with E-state index in [9.17, 15) is 9.90 Å². The van der Waals surface area contributed by atoms with E-state index >= 15 is 0 Å². The molecule has 7 heteroatoms. The Kier molecular flexibility index (Phi) is 3.09. The predicted octanol–water partition coefficient (Wildman–Crippen LogP) is 1.58. The van der Waals surface area contributed by atoms with E-state index in [1.807, 2.05) is 0 Å². The molecule has 0 amide bonds. The molecule has 17 heavy (non-hydrogen) atoms. The fourth-order valence-electron chi connectivity index (χ4n) is 1.43. The summed E-state index contributed by atoms with van der Waals surface area (Å²) in [4.78, 5) is 11.3.